The summed E-state index contributed by atoms with van der Waals surface area (Å²) in [6.45, 7) is 4.46. The minimum absolute atomic E-state index is 0.0699. The van der Waals surface area contributed by atoms with E-state index in [-0.39, 0.29) is 25.4 Å². The molecule has 1 aromatic carbocycles. The van der Waals surface area contributed by atoms with Gasteiger partial charge in [-0.15, -0.1) is 0 Å². The molecule has 0 bridgehead atoms. The van der Waals surface area contributed by atoms with E-state index in [0.29, 0.717) is 6.61 Å². The first-order valence-electron chi connectivity index (χ1n) is 6.54. The Morgan fingerprint density at radius 2 is 1.90 bits per heavy atom. The quantitative estimate of drug-likeness (QED) is 0.614. The molecule has 1 N–H and O–H groups in total. The van der Waals surface area contributed by atoms with Crippen LogP contribution in [0.4, 0.5) is 5.69 Å². The van der Waals surface area contributed by atoms with Crippen LogP contribution in [0.2, 0.25) is 0 Å². The fourth-order valence-electron chi connectivity index (χ4n) is 1.61. The van der Waals surface area contributed by atoms with Crippen molar-refractivity contribution in [3.63, 3.8) is 0 Å². The van der Waals surface area contributed by atoms with Crippen LogP contribution >= 0.6 is 0 Å². The van der Waals surface area contributed by atoms with E-state index in [0.717, 1.165) is 16.8 Å². The lowest BCUT2D eigenvalue weighted by atomic mass is 10.1. The summed E-state index contributed by atoms with van der Waals surface area (Å²) >= 11 is 0. The van der Waals surface area contributed by atoms with Gasteiger partial charge in [-0.1, -0.05) is 12.1 Å². The molecule has 0 heterocycles. The summed E-state index contributed by atoms with van der Waals surface area (Å²) in [7, 11) is 1.53. The van der Waals surface area contributed by atoms with Crippen LogP contribution in [-0.4, -0.2) is 32.2 Å². The highest BCUT2D eigenvalue weighted by Crippen LogP contribution is 2.16. The molecule has 0 unspecified atom stereocenters. The Morgan fingerprint density at radius 3 is 2.60 bits per heavy atom. The van der Waals surface area contributed by atoms with Crippen LogP contribution in [0.15, 0.2) is 18.2 Å². The van der Waals surface area contributed by atoms with E-state index in [1.807, 2.05) is 32.0 Å². The van der Waals surface area contributed by atoms with Gasteiger partial charge in [0.25, 0.3) is 0 Å². The van der Waals surface area contributed by atoms with Gasteiger partial charge >= 0.3 is 5.97 Å². The number of rotatable bonds is 7. The molecule has 0 fully saturated rings. The van der Waals surface area contributed by atoms with Crippen molar-refractivity contribution < 1.29 is 19.1 Å². The van der Waals surface area contributed by atoms with E-state index in [1.165, 1.54) is 7.11 Å². The second kappa shape index (κ2) is 8.32. The molecule has 5 nitrogen and oxygen atoms in total. The average molecular weight is 279 g/mol. The fourth-order valence-corrected chi connectivity index (χ4v) is 1.61. The molecule has 0 aliphatic heterocycles. The lowest BCUT2D eigenvalue weighted by Crippen LogP contribution is -2.16. The van der Waals surface area contributed by atoms with Gasteiger partial charge in [0.05, 0.1) is 13.0 Å². The summed E-state index contributed by atoms with van der Waals surface area (Å²) in [5.41, 5.74) is 2.85. The van der Waals surface area contributed by atoms with Gasteiger partial charge in [-0.25, -0.2) is 0 Å². The van der Waals surface area contributed by atoms with Crippen molar-refractivity contribution in [1.29, 1.82) is 0 Å². The number of esters is 1. The highest BCUT2D eigenvalue weighted by Gasteiger charge is 2.09. The number of anilines is 1. The highest BCUT2D eigenvalue weighted by atomic mass is 16.6. The molecular weight excluding hydrogens is 258 g/mol. The Balaban J connectivity index is 2.36. The SMILES string of the molecule is COCCOC(=O)CCC(=O)Nc1cc(C)ccc1C. The molecule has 0 atom stereocenters. The van der Waals surface area contributed by atoms with Crippen LogP contribution in [0.25, 0.3) is 0 Å². The number of amides is 1. The molecule has 0 aromatic heterocycles. The Kier molecular flexibility index (Phi) is 6.73. The van der Waals surface area contributed by atoms with Gasteiger partial charge in [0, 0.05) is 19.2 Å². The molecule has 1 aromatic rings. The van der Waals surface area contributed by atoms with Gasteiger partial charge in [0.2, 0.25) is 5.91 Å². The smallest absolute Gasteiger partial charge is 0.306 e. The van der Waals surface area contributed by atoms with E-state index in [1.54, 1.807) is 0 Å². The van der Waals surface area contributed by atoms with Gasteiger partial charge in [0.1, 0.15) is 6.61 Å². The number of benzene rings is 1. The molecule has 0 radical (unpaired) electrons. The van der Waals surface area contributed by atoms with Crippen LogP contribution < -0.4 is 5.32 Å². The summed E-state index contributed by atoms with van der Waals surface area (Å²) < 4.78 is 9.65. The average Bonchev–Trinajstić information content (AvgIpc) is 2.41. The third kappa shape index (κ3) is 5.84. The minimum atomic E-state index is -0.391. The maximum atomic E-state index is 11.8. The van der Waals surface area contributed by atoms with Crippen molar-refractivity contribution in [3.8, 4) is 0 Å². The Bertz CT molecular complexity index is 471. The molecule has 0 saturated carbocycles. The van der Waals surface area contributed by atoms with Crippen LogP contribution in [0.5, 0.6) is 0 Å². The molecule has 0 spiro atoms. The van der Waals surface area contributed by atoms with Crippen molar-refractivity contribution in [2.75, 3.05) is 25.6 Å². The zero-order chi connectivity index (χ0) is 15.0. The third-order valence-corrected chi connectivity index (χ3v) is 2.77. The monoisotopic (exact) mass is 279 g/mol. The summed E-state index contributed by atoms with van der Waals surface area (Å²) in [6, 6.07) is 5.84. The van der Waals surface area contributed by atoms with E-state index in [9.17, 15) is 9.59 Å². The molecule has 5 heteroatoms. The Hall–Kier alpha value is -1.88. The van der Waals surface area contributed by atoms with Gasteiger partial charge in [0.15, 0.2) is 0 Å². The summed E-state index contributed by atoms with van der Waals surface area (Å²) in [5, 5.41) is 2.80. The summed E-state index contributed by atoms with van der Waals surface area (Å²) in [6.07, 6.45) is 0.180. The summed E-state index contributed by atoms with van der Waals surface area (Å²) in [5.74, 6) is -0.583. The Labute approximate surface area is 119 Å². The first-order chi connectivity index (χ1) is 9.52. The lowest BCUT2D eigenvalue weighted by Gasteiger charge is -2.09. The van der Waals surface area contributed by atoms with Crippen molar-refractivity contribution >= 4 is 17.6 Å². The standard InChI is InChI=1S/C15H21NO4/c1-11-4-5-12(2)13(10-11)16-14(17)6-7-15(18)20-9-8-19-3/h4-5,10H,6-9H2,1-3H3,(H,16,17). The minimum Gasteiger partial charge on any atom is -0.463 e. The van der Waals surface area contributed by atoms with Gasteiger partial charge < -0.3 is 14.8 Å². The van der Waals surface area contributed by atoms with Crippen LogP contribution in [0.1, 0.15) is 24.0 Å². The first kappa shape index (κ1) is 16.2. The van der Waals surface area contributed by atoms with Crippen molar-refractivity contribution in [1.82, 2.24) is 0 Å². The highest BCUT2D eigenvalue weighted by molar-refractivity contribution is 5.93. The van der Waals surface area contributed by atoms with E-state index >= 15 is 0 Å². The molecule has 20 heavy (non-hydrogen) atoms. The lowest BCUT2D eigenvalue weighted by molar-refractivity contribution is -0.145. The van der Waals surface area contributed by atoms with E-state index in [4.69, 9.17) is 9.47 Å². The molecular formula is C15H21NO4. The predicted octanol–water partition coefficient (Wildman–Crippen LogP) is 2.21. The number of carbonyl (C=O) groups is 2. The third-order valence-electron chi connectivity index (χ3n) is 2.77. The molecule has 1 amide bonds. The van der Waals surface area contributed by atoms with Crippen LogP contribution in [0.3, 0.4) is 0 Å². The number of nitrogens with one attached hydrogen (secondary N) is 1. The van der Waals surface area contributed by atoms with E-state index in [2.05, 4.69) is 5.32 Å². The summed E-state index contributed by atoms with van der Waals surface area (Å²) in [4.78, 5) is 23.1. The van der Waals surface area contributed by atoms with Crippen molar-refractivity contribution in [2.24, 2.45) is 0 Å². The fraction of sp³-hybridized carbons (Fsp3) is 0.467. The molecule has 1 rings (SSSR count). The number of hydrogen-bond acceptors (Lipinski definition) is 4. The van der Waals surface area contributed by atoms with Gasteiger partial charge in [-0.3, -0.25) is 9.59 Å². The predicted molar refractivity (Wildman–Crippen MR) is 76.6 cm³/mol. The van der Waals surface area contributed by atoms with E-state index < -0.39 is 5.97 Å². The zero-order valence-electron chi connectivity index (χ0n) is 12.2. The number of hydrogen-bond donors (Lipinski definition) is 1. The van der Waals surface area contributed by atoms with Gasteiger partial charge in [-0.05, 0) is 31.0 Å². The largest absolute Gasteiger partial charge is 0.463 e. The maximum absolute atomic E-state index is 11.8. The Morgan fingerprint density at radius 1 is 1.15 bits per heavy atom. The number of ether oxygens (including phenoxy) is 2. The second-order valence-electron chi connectivity index (χ2n) is 4.58. The topological polar surface area (TPSA) is 64.6 Å². The van der Waals surface area contributed by atoms with Crippen LogP contribution in [0, 0.1) is 13.8 Å². The number of methoxy groups -OCH3 is 1. The van der Waals surface area contributed by atoms with Crippen molar-refractivity contribution in [2.45, 2.75) is 26.7 Å². The first-order valence-corrected chi connectivity index (χ1v) is 6.54. The zero-order valence-corrected chi connectivity index (χ0v) is 12.2. The normalized spacial score (nSPS) is 10.2. The maximum Gasteiger partial charge on any atom is 0.306 e. The van der Waals surface area contributed by atoms with Gasteiger partial charge in [-0.2, -0.15) is 0 Å². The molecule has 0 aliphatic carbocycles. The molecule has 110 valence electrons. The molecule has 0 aliphatic rings. The van der Waals surface area contributed by atoms with Crippen molar-refractivity contribution in [3.05, 3.63) is 29.3 Å². The van der Waals surface area contributed by atoms with Crippen LogP contribution in [-0.2, 0) is 19.1 Å². The second-order valence-corrected chi connectivity index (χ2v) is 4.58. The molecule has 0 saturated heterocycles. The number of aryl methyl sites for hydroxylation is 2. The number of carbonyl (C=O) groups excluding carboxylic acids is 2.